The molecule has 1 saturated heterocycles. The highest BCUT2D eigenvalue weighted by Gasteiger charge is 2.27. The summed E-state index contributed by atoms with van der Waals surface area (Å²) in [6, 6.07) is 2.74. The highest BCUT2D eigenvalue weighted by atomic mass is 79.9. The van der Waals surface area contributed by atoms with Gasteiger partial charge in [0.25, 0.3) is 0 Å². The van der Waals surface area contributed by atoms with Crippen LogP contribution in [0.2, 0.25) is 0 Å². The van der Waals surface area contributed by atoms with Crippen molar-refractivity contribution in [1.29, 1.82) is 0 Å². The van der Waals surface area contributed by atoms with Gasteiger partial charge in [0.2, 0.25) is 0 Å². The molecule has 2 heterocycles. The number of rotatable bonds is 3. The monoisotopic (exact) mass is 318 g/mol. The van der Waals surface area contributed by atoms with Gasteiger partial charge in [-0.2, -0.15) is 0 Å². The molecule has 3 unspecified atom stereocenters. The maximum absolute atomic E-state index is 5.92. The van der Waals surface area contributed by atoms with Gasteiger partial charge in [0.05, 0.1) is 12.7 Å². The average molecular weight is 319 g/mol. The molecule has 96 valence electrons. The normalized spacial score (nSPS) is 25.8. The van der Waals surface area contributed by atoms with Crippen LogP contribution in [0.15, 0.2) is 15.9 Å². The van der Waals surface area contributed by atoms with Gasteiger partial charge in [-0.25, -0.2) is 0 Å². The predicted octanol–water partition coefficient (Wildman–Crippen LogP) is 2.62. The van der Waals surface area contributed by atoms with Crippen LogP contribution in [0.25, 0.3) is 0 Å². The Kier molecular flexibility index (Phi) is 4.60. The quantitative estimate of drug-likeness (QED) is 0.931. The lowest BCUT2D eigenvalue weighted by Gasteiger charge is -2.37. The molecule has 1 aliphatic rings. The second-order valence-corrected chi connectivity index (χ2v) is 6.47. The Labute approximate surface area is 115 Å². The van der Waals surface area contributed by atoms with Gasteiger partial charge in [-0.15, -0.1) is 11.3 Å². The molecule has 2 N–H and O–H groups in total. The summed E-state index contributed by atoms with van der Waals surface area (Å²) in [6.07, 6.45) is 0.162. The highest BCUT2D eigenvalue weighted by molar-refractivity contribution is 9.10. The number of nitrogens with two attached hydrogens (primary N) is 1. The van der Waals surface area contributed by atoms with E-state index in [0.717, 1.165) is 19.7 Å². The van der Waals surface area contributed by atoms with Crippen molar-refractivity contribution >= 4 is 27.3 Å². The first-order valence-corrected chi connectivity index (χ1v) is 7.60. The number of thiophene rings is 1. The Morgan fingerprint density at radius 3 is 2.94 bits per heavy atom. The number of hydrogen-bond acceptors (Lipinski definition) is 4. The predicted molar refractivity (Wildman–Crippen MR) is 75.4 cm³/mol. The van der Waals surface area contributed by atoms with Gasteiger partial charge in [-0.1, -0.05) is 0 Å². The molecular formula is C12H19BrN2OS. The summed E-state index contributed by atoms with van der Waals surface area (Å²) in [5.41, 5.74) is 5.92. The molecule has 0 radical (unpaired) electrons. The van der Waals surface area contributed by atoms with Crippen molar-refractivity contribution in [1.82, 2.24) is 4.90 Å². The lowest BCUT2D eigenvalue weighted by atomic mass is 10.1. The molecule has 5 heteroatoms. The zero-order chi connectivity index (χ0) is 12.4. The number of halogens is 1. The number of morpholine rings is 1. The van der Waals surface area contributed by atoms with E-state index in [1.54, 1.807) is 11.3 Å². The third-order valence-electron chi connectivity index (χ3n) is 3.26. The molecule has 17 heavy (non-hydrogen) atoms. The van der Waals surface area contributed by atoms with Crippen molar-refractivity contribution < 1.29 is 4.74 Å². The SMILES string of the molecule is CC(N)C1CN(C(C)c2cc(Br)cs2)CCO1. The molecule has 0 amide bonds. The second kappa shape index (κ2) is 5.80. The Morgan fingerprint density at radius 1 is 1.59 bits per heavy atom. The van der Waals surface area contributed by atoms with Crippen molar-refractivity contribution in [3.63, 3.8) is 0 Å². The summed E-state index contributed by atoms with van der Waals surface area (Å²) < 4.78 is 6.86. The van der Waals surface area contributed by atoms with Crippen LogP contribution in [0.5, 0.6) is 0 Å². The zero-order valence-corrected chi connectivity index (χ0v) is 12.6. The molecule has 1 aromatic rings. The van der Waals surface area contributed by atoms with Crippen LogP contribution in [0.4, 0.5) is 0 Å². The summed E-state index contributed by atoms with van der Waals surface area (Å²) in [4.78, 5) is 3.85. The van der Waals surface area contributed by atoms with Gasteiger partial charge < -0.3 is 10.5 Å². The molecule has 3 atom stereocenters. The molecule has 0 bridgehead atoms. The standard InChI is InChI=1S/C12H19BrN2OS/c1-8(14)11-6-15(3-4-16-11)9(2)12-5-10(13)7-17-12/h5,7-9,11H,3-4,6,14H2,1-2H3. The van der Waals surface area contributed by atoms with Crippen LogP contribution in [0, 0.1) is 0 Å². The van der Waals surface area contributed by atoms with Crippen molar-refractivity contribution in [3.05, 3.63) is 20.8 Å². The summed E-state index contributed by atoms with van der Waals surface area (Å²) in [5.74, 6) is 0. The van der Waals surface area contributed by atoms with Gasteiger partial charge in [0.1, 0.15) is 0 Å². The number of hydrogen-bond donors (Lipinski definition) is 1. The van der Waals surface area contributed by atoms with Crippen molar-refractivity contribution in [3.8, 4) is 0 Å². The molecule has 1 aliphatic heterocycles. The van der Waals surface area contributed by atoms with E-state index < -0.39 is 0 Å². The van der Waals surface area contributed by atoms with E-state index in [-0.39, 0.29) is 12.1 Å². The molecule has 0 spiro atoms. The number of nitrogens with zero attached hydrogens (tertiary/aromatic N) is 1. The van der Waals surface area contributed by atoms with Gasteiger partial charge in [-0.05, 0) is 35.8 Å². The van der Waals surface area contributed by atoms with Crippen LogP contribution in [0.1, 0.15) is 24.8 Å². The minimum absolute atomic E-state index is 0.0973. The van der Waals surface area contributed by atoms with Crippen LogP contribution in [0.3, 0.4) is 0 Å². The number of ether oxygens (including phenoxy) is 1. The topological polar surface area (TPSA) is 38.5 Å². The smallest absolute Gasteiger partial charge is 0.0850 e. The van der Waals surface area contributed by atoms with Crippen LogP contribution >= 0.6 is 27.3 Å². The molecule has 0 aliphatic carbocycles. The molecule has 2 rings (SSSR count). The summed E-state index contributed by atoms with van der Waals surface area (Å²) in [5, 5.41) is 2.13. The first-order valence-electron chi connectivity index (χ1n) is 5.93. The Morgan fingerprint density at radius 2 is 2.35 bits per heavy atom. The van der Waals surface area contributed by atoms with Crippen molar-refractivity contribution in [2.45, 2.75) is 32.0 Å². The Hall–Kier alpha value is 0.0600. The lowest BCUT2D eigenvalue weighted by molar-refractivity contribution is -0.0494. The van der Waals surface area contributed by atoms with Crippen LogP contribution < -0.4 is 5.73 Å². The van der Waals surface area contributed by atoms with E-state index in [9.17, 15) is 0 Å². The van der Waals surface area contributed by atoms with Crippen molar-refractivity contribution in [2.24, 2.45) is 5.73 Å². The fourth-order valence-electron chi connectivity index (χ4n) is 2.09. The highest BCUT2D eigenvalue weighted by Crippen LogP contribution is 2.30. The maximum Gasteiger partial charge on any atom is 0.0850 e. The third-order valence-corrected chi connectivity index (χ3v) is 5.12. The minimum Gasteiger partial charge on any atom is -0.374 e. The minimum atomic E-state index is 0.0973. The Balaban J connectivity index is 2.02. The second-order valence-electron chi connectivity index (χ2n) is 4.61. The van der Waals surface area contributed by atoms with Gasteiger partial charge >= 0.3 is 0 Å². The third kappa shape index (κ3) is 3.29. The Bertz CT molecular complexity index is 369. The zero-order valence-electron chi connectivity index (χ0n) is 10.2. The molecule has 3 nitrogen and oxygen atoms in total. The lowest BCUT2D eigenvalue weighted by Crippen LogP contribution is -2.50. The first kappa shape index (κ1) is 13.5. The van der Waals surface area contributed by atoms with Gasteiger partial charge in [0.15, 0.2) is 0 Å². The molecule has 1 aromatic heterocycles. The van der Waals surface area contributed by atoms with E-state index in [2.05, 4.69) is 39.2 Å². The average Bonchev–Trinajstić information content (AvgIpc) is 2.75. The molecule has 0 aromatic carbocycles. The van der Waals surface area contributed by atoms with E-state index in [1.807, 2.05) is 6.92 Å². The van der Waals surface area contributed by atoms with Crippen LogP contribution in [-0.4, -0.2) is 36.7 Å². The largest absolute Gasteiger partial charge is 0.374 e. The van der Waals surface area contributed by atoms with E-state index in [0.29, 0.717) is 6.04 Å². The van der Waals surface area contributed by atoms with E-state index >= 15 is 0 Å². The van der Waals surface area contributed by atoms with E-state index in [1.165, 1.54) is 9.35 Å². The molecule has 1 fully saturated rings. The fraction of sp³-hybridized carbons (Fsp3) is 0.667. The van der Waals surface area contributed by atoms with Gasteiger partial charge in [-0.3, -0.25) is 4.90 Å². The fourth-order valence-corrected chi connectivity index (χ4v) is 3.63. The first-order chi connectivity index (χ1) is 8.08. The molecule has 0 saturated carbocycles. The van der Waals surface area contributed by atoms with E-state index in [4.69, 9.17) is 10.5 Å². The maximum atomic E-state index is 5.92. The summed E-state index contributed by atoms with van der Waals surface area (Å²) >= 11 is 5.31. The van der Waals surface area contributed by atoms with Crippen LogP contribution in [-0.2, 0) is 4.74 Å². The van der Waals surface area contributed by atoms with Gasteiger partial charge in [0, 0.05) is 39.9 Å². The van der Waals surface area contributed by atoms with Crippen molar-refractivity contribution in [2.75, 3.05) is 19.7 Å². The summed E-state index contributed by atoms with van der Waals surface area (Å²) in [6.45, 7) is 6.96. The summed E-state index contributed by atoms with van der Waals surface area (Å²) in [7, 11) is 0. The molecular weight excluding hydrogens is 300 g/mol.